The number of esters is 1. The fraction of sp³-hybridized carbons (Fsp3) is 0.176. The number of nitrogens with two attached hydrogens (primary N) is 1. The number of amides is 1. The van der Waals surface area contributed by atoms with Crippen LogP contribution in [0.25, 0.3) is 0 Å². The predicted molar refractivity (Wildman–Crippen MR) is 83.2 cm³/mol. The van der Waals surface area contributed by atoms with Gasteiger partial charge in [-0.05, 0) is 42.5 Å². The number of carbonyl (C=O) groups excluding carboxylic acids is 2. The molecule has 24 heavy (non-hydrogen) atoms. The lowest BCUT2D eigenvalue weighted by molar-refractivity contribution is -0.119. The Morgan fingerprint density at radius 1 is 1.12 bits per heavy atom. The summed E-state index contributed by atoms with van der Waals surface area (Å²) in [6, 6.07) is 9.97. The standard InChI is InChI=1S/C17H16FNO5/c1-22-15-7-4-13(18)8-12(15)9-24-17(21)11-2-5-14(6-3-11)23-10-16(19)20/h2-8H,9-10H2,1H3,(H2,19,20). The minimum atomic E-state index is -0.595. The van der Waals surface area contributed by atoms with Crippen molar-refractivity contribution in [2.75, 3.05) is 13.7 Å². The average Bonchev–Trinajstić information content (AvgIpc) is 2.58. The molecule has 0 saturated carbocycles. The first-order valence-electron chi connectivity index (χ1n) is 7.00. The summed E-state index contributed by atoms with van der Waals surface area (Å²) in [6.07, 6.45) is 0. The molecule has 0 aliphatic carbocycles. The Labute approximate surface area is 137 Å². The topological polar surface area (TPSA) is 87.8 Å². The van der Waals surface area contributed by atoms with Gasteiger partial charge in [0.2, 0.25) is 0 Å². The molecule has 0 radical (unpaired) electrons. The maximum absolute atomic E-state index is 13.3. The number of rotatable bonds is 7. The van der Waals surface area contributed by atoms with Crippen molar-refractivity contribution in [3.05, 3.63) is 59.4 Å². The molecule has 0 aliphatic rings. The number of carbonyl (C=O) groups is 2. The van der Waals surface area contributed by atoms with Crippen molar-refractivity contribution < 1.29 is 28.2 Å². The lowest BCUT2D eigenvalue weighted by Gasteiger charge is -2.10. The molecular formula is C17H16FNO5. The summed E-state index contributed by atoms with van der Waals surface area (Å²) in [5.41, 5.74) is 5.68. The van der Waals surface area contributed by atoms with E-state index in [1.165, 1.54) is 49.6 Å². The van der Waals surface area contributed by atoms with Crippen LogP contribution in [0.1, 0.15) is 15.9 Å². The van der Waals surface area contributed by atoms with E-state index in [1.807, 2.05) is 0 Å². The first-order chi connectivity index (χ1) is 11.5. The molecule has 0 atom stereocenters. The van der Waals surface area contributed by atoms with Gasteiger partial charge in [-0.3, -0.25) is 4.79 Å². The first-order valence-corrected chi connectivity index (χ1v) is 7.00. The van der Waals surface area contributed by atoms with Gasteiger partial charge in [-0.25, -0.2) is 9.18 Å². The van der Waals surface area contributed by atoms with Crippen molar-refractivity contribution in [2.45, 2.75) is 6.61 Å². The Morgan fingerprint density at radius 3 is 2.46 bits per heavy atom. The predicted octanol–water partition coefficient (Wildman–Crippen LogP) is 2.06. The fourth-order valence-electron chi connectivity index (χ4n) is 1.93. The SMILES string of the molecule is COc1ccc(F)cc1COC(=O)c1ccc(OCC(N)=O)cc1. The second-order valence-electron chi connectivity index (χ2n) is 4.81. The normalized spacial score (nSPS) is 10.1. The number of hydrogen-bond donors (Lipinski definition) is 1. The molecule has 0 bridgehead atoms. The van der Waals surface area contributed by atoms with Crippen LogP contribution in [-0.2, 0) is 16.1 Å². The van der Waals surface area contributed by atoms with Crippen molar-refractivity contribution >= 4 is 11.9 Å². The first kappa shape index (κ1) is 17.3. The number of ether oxygens (including phenoxy) is 3. The minimum absolute atomic E-state index is 0.125. The van der Waals surface area contributed by atoms with Crippen LogP contribution in [-0.4, -0.2) is 25.6 Å². The van der Waals surface area contributed by atoms with E-state index in [0.29, 0.717) is 17.1 Å². The molecule has 0 aromatic heterocycles. The minimum Gasteiger partial charge on any atom is -0.496 e. The molecule has 0 heterocycles. The molecule has 126 valence electrons. The van der Waals surface area contributed by atoms with E-state index in [-0.39, 0.29) is 18.8 Å². The second kappa shape index (κ2) is 7.96. The van der Waals surface area contributed by atoms with Crippen molar-refractivity contribution in [2.24, 2.45) is 5.73 Å². The maximum Gasteiger partial charge on any atom is 0.338 e. The summed E-state index contributed by atoms with van der Waals surface area (Å²) >= 11 is 0. The van der Waals surface area contributed by atoms with Crippen LogP contribution >= 0.6 is 0 Å². The number of primary amides is 1. The smallest absolute Gasteiger partial charge is 0.338 e. The largest absolute Gasteiger partial charge is 0.496 e. The van der Waals surface area contributed by atoms with Gasteiger partial charge < -0.3 is 19.9 Å². The Hall–Kier alpha value is -3.09. The highest BCUT2D eigenvalue weighted by Gasteiger charge is 2.11. The molecule has 0 fully saturated rings. The molecular weight excluding hydrogens is 317 g/mol. The lowest BCUT2D eigenvalue weighted by atomic mass is 10.2. The highest BCUT2D eigenvalue weighted by molar-refractivity contribution is 5.89. The lowest BCUT2D eigenvalue weighted by Crippen LogP contribution is -2.20. The van der Waals surface area contributed by atoms with Crippen molar-refractivity contribution in [1.82, 2.24) is 0 Å². The number of benzene rings is 2. The van der Waals surface area contributed by atoms with Gasteiger partial charge in [0.15, 0.2) is 6.61 Å². The van der Waals surface area contributed by atoms with Crippen LogP contribution in [0.5, 0.6) is 11.5 Å². The molecule has 1 amide bonds. The van der Waals surface area contributed by atoms with E-state index >= 15 is 0 Å². The third-order valence-electron chi connectivity index (χ3n) is 3.07. The number of hydrogen-bond acceptors (Lipinski definition) is 5. The van der Waals surface area contributed by atoms with Crippen LogP contribution in [0.4, 0.5) is 4.39 Å². The van der Waals surface area contributed by atoms with Gasteiger partial charge in [-0.15, -0.1) is 0 Å². The highest BCUT2D eigenvalue weighted by Crippen LogP contribution is 2.21. The van der Waals surface area contributed by atoms with E-state index in [4.69, 9.17) is 19.9 Å². The molecule has 0 saturated heterocycles. The molecule has 2 aromatic carbocycles. The third kappa shape index (κ3) is 4.70. The summed E-state index contributed by atoms with van der Waals surface area (Å²) in [7, 11) is 1.45. The molecule has 0 aliphatic heterocycles. The van der Waals surface area contributed by atoms with Gasteiger partial charge in [-0.2, -0.15) is 0 Å². The van der Waals surface area contributed by atoms with Crippen LogP contribution in [0.3, 0.4) is 0 Å². The summed E-state index contributed by atoms with van der Waals surface area (Å²) in [5.74, 6) is -0.792. The second-order valence-corrected chi connectivity index (χ2v) is 4.81. The highest BCUT2D eigenvalue weighted by atomic mass is 19.1. The van der Waals surface area contributed by atoms with Gasteiger partial charge >= 0.3 is 5.97 Å². The van der Waals surface area contributed by atoms with E-state index in [2.05, 4.69) is 0 Å². The van der Waals surface area contributed by atoms with Crippen molar-refractivity contribution in [3.63, 3.8) is 0 Å². The summed E-state index contributed by atoms with van der Waals surface area (Å²) in [5, 5.41) is 0. The molecule has 2 rings (SSSR count). The molecule has 2 N–H and O–H groups in total. The zero-order valence-electron chi connectivity index (χ0n) is 13.0. The fourth-order valence-corrected chi connectivity index (χ4v) is 1.93. The summed E-state index contributed by atoms with van der Waals surface area (Å²) < 4.78 is 28.6. The van der Waals surface area contributed by atoms with Crippen molar-refractivity contribution in [3.8, 4) is 11.5 Å². The molecule has 2 aromatic rings. The van der Waals surface area contributed by atoms with Crippen molar-refractivity contribution in [1.29, 1.82) is 0 Å². The van der Waals surface area contributed by atoms with Gasteiger partial charge in [-0.1, -0.05) is 0 Å². The Morgan fingerprint density at radius 2 is 1.83 bits per heavy atom. The Bertz CT molecular complexity index is 730. The molecule has 0 unspecified atom stereocenters. The van der Waals surface area contributed by atoms with E-state index in [0.717, 1.165) is 0 Å². The number of halogens is 1. The monoisotopic (exact) mass is 333 g/mol. The summed E-state index contributed by atoms with van der Waals surface area (Å²) in [4.78, 5) is 22.6. The third-order valence-corrected chi connectivity index (χ3v) is 3.07. The van der Waals surface area contributed by atoms with Gasteiger partial charge in [0.05, 0.1) is 12.7 Å². The summed E-state index contributed by atoms with van der Waals surface area (Å²) in [6.45, 7) is -0.372. The number of methoxy groups -OCH3 is 1. The van der Waals surface area contributed by atoms with E-state index in [1.54, 1.807) is 0 Å². The van der Waals surface area contributed by atoms with Gasteiger partial charge in [0.25, 0.3) is 5.91 Å². The Kier molecular flexibility index (Phi) is 5.73. The zero-order valence-corrected chi connectivity index (χ0v) is 13.0. The maximum atomic E-state index is 13.3. The van der Waals surface area contributed by atoms with Crippen LogP contribution in [0.2, 0.25) is 0 Å². The van der Waals surface area contributed by atoms with Crippen LogP contribution in [0.15, 0.2) is 42.5 Å². The Balaban J connectivity index is 1.97. The van der Waals surface area contributed by atoms with Gasteiger partial charge in [0.1, 0.15) is 23.9 Å². The zero-order chi connectivity index (χ0) is 17.5. The average molecular weight is 333 g/mol. The van der Waals surface area contributed by atoms with Gasteiger partial charge in [0, 0.05) is 5.56 Å². The van der Waals surface area contributed by atoms with E-state index < -0.39 is 17.7 Å². The molecule has 6 nitrogen and oxygen atoms in total. The quantitative estimate of drug-likeness (QED) is 0.784. The molecule has 0 spiro atoms. The van der Waals surface area contributed by atoms with Crippen LogP contribution in [0, 0.1) is 5.82 Å². The molecule has 7 heteroatoms. The van der Waals surface area contributed by atoms with Crippen LogP contribution < -0.4 is 15.2 Å². The van der Waals surface area contributed by atoms with E-state index in [9.17, 15) is 14.0 Å².